The van der Waals surface area contributed by atoms with E-state index in [9.17, 15) is 14.0 Å². The van der Waals surface area contributed by atoms with E-state index in [2.05, 4.69) is 10.3 Å². The van der Waals surface area contributed by atoms with E-state index in [0.717, 1.165) is 6.07 Å². The smallest absolute Gasteiger partial charge is 0.300 e. The maximum absolute atomic E-state index is 14.1. The van der Waals surface area contributed by atoms with E-state index in [0.29, 0.717) is 5.56 Å². The van der Waals surface area contributed by atoms with E-state index >= 15 is 0 Å². The van der Waals surface area contributed by atoms with Gasteiger partial charge in [0.05, 0.1) is 11.9 Å². The molecular formula is C15H10FN3O2. The van der Waals surface area contributed by atoms with Crippen molar-refractivity contribution in [2.24, 2.45) is 5.73 Å². The van der Waals surface area contributed by atoms with Crippen molar-refractivity contribution in [3.8, 4) is 23.5 Å². The lowest BCUT2D eigenvalue weighted by Crippen LogP contribution is -2.11. The highest BCUT2D eigenvalue weighted by Crippen LogP contribution is 2.29. The molecule has 2 amide bonds. The average molecular weight is 283 g/mol. The Morgan fingerprint density at radius 1 is 1.29 bits per heavy atom. The van der Waals surface area contributed by atoms with Crippen molar-refractivity contribution in [2.75, 3.05) is 5.32 Å². The Labute approximate surface area is 120 Å². The van der Waals surface area contributed by atoms with Crippen LogP contribution in [0.15, 0.2) is 36.7 Å². The predicted octanol–water partition coefficient (Wildman–Crippen LogP) is 1.56. The summed E-state index contributed by atoms with van der Waals surface area (Å²) >= 11 is 0. The molecular weight excluding hydrogens is 273 g/mol. The Hall–Kier alpha value is -3.20. The number of carbonyl (C=O) groups excluding carboxylic acids is 2. The zero-order valence-corrected chi connectivity index (χ0v) is 10.8. The molecule has 2 aromatic rings. The number of hydrogen-bond donors (Lipinski definition) is 2. The summed E-state index contributed by atoms with van der Waals surface area (Å²) in [5, 5.41) is 2.43. The normalized spacial score (nSPS) is 9.71. The number of pyridine rings is 1. The van der Waals surface area contributed by atoms with Crippen LogP contribution in [0.5, 0.6) is 0 Å². The maximum Gasteiger partial charge on any atom is 0.300 e. The number of aromatic nitrogens is 1. The van der Waals surface area contributed by atoms with Gasteiger partial charge in [-0.1, -0.05) is 6.07 Å². The molecule has 0 aliphatic rings. The molecule has 0 atom stereocenters. The first kappa shape index (κ1) is 14.2. The summed E-state index contributed by atoms with van der Waals surface area (Å²) in [6.07, 6.45) is 7.78. The highest BCUT2D eigenvalue weighted by Gasteiger charge is 2.13. The Kier molecular flexibility index (Phi) is 3.95. The van der Waals surface area contributed by atoms with E-state index < -0.39 is 17.6 Å². The molecule has 0 aliphatic heterocycles. The molecule has 0 radical (unpaired) electrons. The summed E-state index contributed by atoms with van der Waals surface area (Å²) in [5.41, 5.74) is 6.00. The van der Waals surface area contributed by atoms with Gasteiger partial charge >= 0.3 is 0 Å². The zero-order valence-electron chi connectivity index (χ0n) is 10.8. The molecule has 0 spiro atoms. The summed E-state index contributed by atoms with van der Waals surface area (Å²) in [4.78, 5) is 26.1. The van der Waals surface area contributed by atoms with Crippen molar-refractivity contribution in [2.45, 2.75) is 0 Å². The second-order valence-corrected chi connectivity index (χ2v) is 4.08. The van der Waals surface area contributed by atoms with Crippen molar-refractivity contribution < 1.29 is 14.0 Å². The number of hydrogen-bond acceptors (Lipinski definition) is 3. The van der Waals surface area contributed by atoms with Crippen molar-refractivity contribution in [1.29, 1.82) is 0 Å². The molecule has 1 aromatic carbocycles. The molecule has 104 valence electrons. The van der Waals surface area contributed by atoms with Gasteiger partial charge in [0, 0.05) is 22.9 Å². The van der Waals surface area contributed by atoms with Crippen LogP contribution in [0.1, 0.15) is 10.4 Å². The SMILES string of the molecule is C#CC(=O)Nc1cnccc1-c1ccc(C(N)=O)cc1F. The standard InChI is InChI=1S/C15H10FN3O2/c1-2-14(20)19-13-8-18-6-5-11(13)10-4-3-9(15(17)21)7-12(10)16/h1,3-8H,(H2,17,21)(H,19,20). The number of benzene rings is 1. The van der Waals surface area contributed by atoms with Crippen LogP contribution in [0.2, 0.25) is 0 Å². The molecule has 0 fully saturated rings. The lowest BCUT2D eigenvalue weighted by molar-refractivity contribution is -0.111. The van der Waals surface area contributed by atoms with Crippen LogP contribution in [-0.2, 0) is 4.79 Å². The van der Waals surface area contributed by atoms with Crippen molar-refractivity contribution in [1.82, 2.24) is 4.98 Å². The topological polar surface area (TPSA) is 85.1 Å². The van der Waals surface area contributed by atoms with Crippen LogP contribution < -0.4 is 11.1 Å². The minimum atomic E-state index is -0.726. The summed E-state index contributed by atoms with van der Waals surface area (Å²) in [5.74, 6) is -0.141. The number of halogens is 1. The minimum absolute atomic E-state index is 0.0551. The van der Waals surface area contributed by atoms with Crippen LogP contribution in [0.3, 0.4) is 0 Å². The molecule has 5 nitrogen and oxygen atoms in total. The third kappa shape index (κ3) is 3.04. The maximum atomic E-state index is 14.1. The van der Waals surface area contributed by atoms with Crippen molar-refractivity contribution >= 4 is 17.5 Å². The third-order valence-corrected chi connectivity index (χ3v) is 2.74. The number of nitrogens with zero attached hydrogens (tertiary/aromatic N) is 1. The quantitative estimate of drug-likeness (QED) is 0.838. The van der Waals surface area contributed by atoms with Gasteiger partial charge in [0.25, 0.3) is 5.91 Å². The highest BCUT2D eigenvalue weighted by atomic mass is 19.1. The monoisotopic (exact) mass is 283 g/mol. The molecule has 6 heteroatoms. The van der Waals surface area contributed by atoms with E-state index in [1.54, 1.807) is 0 Å². The van der Waals surface area contributed by atoms with Crippen LogP contribution in [0.4, 0.5) is 10.1 Å². The summed E-state index contributed by atoms with van der Waals surface area (Å²) in [6.45, 7) is 0. The number of carbonyl (C=O) groups is 2. The second-order valence-electron chi connectivity index (χ2n) is 4.08. The van der Waals surface area contributed by atoms with E-state index in [-0.39, 0.29) is 16.8 Å². The van der Waals surface area contributed by atoms with E-state index in [4.69, 9.17) is 12.2 Å². The number of nitrogens with one attached hydrogen (secondary N) is 1. The fraction of sp³-hybridized carbons (Fsp3) is 0. The first-order valence-electron chi connectivity index (χ1n) is 5.84. The summed E-state index contributed by atoms with van der Waals surface area (Å²) < 4.78 is 14.1. The molecule has 21 heavy (non-hydrogen) atoms. The number of primary amides is 1. The van der Waals surface area contributed by atoms with E-state index in [1.165, 1.54) is 30.6 Å². The van der Waals surface area contributed by atoms with Crippen LogP contribution in [-0.4, -0.2) is 16.8 Å². The lowest BCUT2D eigenvalue weighted by Gasteiger charge is -2.10. The molecule has 0 saturated carbocycles. The number of rotatable bonds is 3. The number of amides is 2. The van der Waals surface area contributed by atoms with Gasteiger partial charge in [0.2, 0.25) is 5.91 Å². The Bertz CT molecular complexity index is 766. The molecule has 3 N–H and O–H groups in total. The molecule has 0 bridgehead atoms. The van der Waals surface area contributed by atoms with Crippen LogP contribution in [0.25, 0.3) is 11.1 Å². The number of nitrogens with two attached hydrogens (primary N) is 1. The molecule has 0 unspecified atom stereocenters. The Balaban J connectivity index is 2.50. The van der Waals surface area contributed by atoms with Crippen molar-refractivity contribution in [3.63, 3.8) is 0 Å². The van der Waals surface area contributed by atoms with Gasteiger partial charge in [-0.05, 0) is 24.1 Å². The lowest BCUT2D eigenvalue weighted by atomic mass is 10.0. The minimum Gasteiger partial charge on any atom is -0.366 e. The van der Waals surface area contributed by atoms with Gasteiger partial charge < -0.3 is 11.1 Å². The van der Waals surface area contributed by atoms with Crippen LogP contribution in [0, 0.1) is 18.2 Å². The van der Waals surface area contributed by atoms with Gasteiger partial charge in [0.1, 0.15) is 5.82 Å². The molecule has 1 heterocycles. The molecule has 2 rings (SSSR count). The molecule has 0 aliphatic carbocycles. The number of anilines is 1. The van der Waals surface area contributed by atoms with Gasteiger partial charge in [-0.15, -0.1) is 6.42 Å². The van der Waals surface area contributed by atoms with Gasteiger partial charge in [-0.3, -0.25) is 14.6 Å². The fourth-order valence-electron chi connectivity index (χ4n) is 1.77. The third-order valence-electron chi connectivity index (χ3n) is 2.74. The Morgan fingerprint density at radius 2 is 2.05 bits per heavy atom. The first-order chi connectivity index (χ1) is 10.0. The summed E-state index contributed by atoms with van der Waals surface area (Å²) in [6, 6.07) is 5.35. The van der Waals surface area contributed by atoms with E-state index in [1.807, 2.05) is 5.92 Å². The largest absolute Gasteiger partial charge is 0.366 e. The van der Waals surface area contributed by atoms with Gasteiger partial charge in [0.15, 0.2) is 0 Å². The van der Waals surface area contributed by atoms with Crippen LogP contribution >= 0.6 is 0 Å². The molecule has 1 aromatic heterocycles. The van der Waals surface area contributed by atoms with Crippen molar-refractivity contribution in [3.05, 3.63) is 48.0 Å². The highest BCUT2D eigenvalue weighted by molar-refractivity contribution is 6.05. The number of terminal acetylenes is 1. The van der Waals surface area contributed by atoms with Gasteiger partial charge in [-0.25, -0.2) is 4.39 Å². The second kappa shape index (κ2) is 5.84. The zero-order chi connectivity index (χ0) is 15.4. The average Bonchev–Trinajstić information content (AvgIpc) is 2.47. The Morgan fingerprint density at radius 3 is 2.67 bits per heavy atom. The fourth-order valence-corrected chi connectivity index (χ4v) is 1.77. The first-order valence-corrected chi connectivity index (χ1v) is 5.84. The molecule has 0 saturated heterocycles. The summed E-state index contributed by atoms with van der Waals surface area (Å²) in [7, 11) is 0. The predicted molar refractivity (Wildman–Crippen MR) is 75.6 cm³/mol. The van der Waals surface area contributed by atoms with Gasteiger partial charge in [-0.2, -0.15) is 0 Å².